The predicted octanol–water partition coefficient (Wildman–Crippen LogP) is 3.33. The van der Waals surface area contributed by atoms with Crippen molar-refractivity contribution in [2.75, 3.05) is 13.2 Å². The van der Waals surface area contributed by atoms with E-state index in [-0.39, 0.29) is 12.4 Å². The number of nitrogens with one attached hydrogen (secondary N) is 1. The van der Waals surface area contributed by atoms with Gasteiger partial charge in [0.2, 0.25) is 0 Å². The van der Waals surface area contributed by atoms with Gasteiger partial charge in [0.05, 0.1) is 12.7 Å². The Kier molecular flexibility index (Phi) is 7.83. The number of hydrogen-bond donors (Lipinski definition) is 2. The first-order chi connectivity index (χ1) is 9.79. The van der Waals surface area contributed by atoms with Gasteiger partial charge in [-0.15, -0.1) is 12.4 Å². The molecule has 2 aromatic carbocycles. The monoisotopic (exact) mass is 307 g/mol. The van der Waals surface area contributed by atoms with Crippen LogP contribution in [-0.4, -0.2) is 18.3 Å². The van der Waals surface area contributed by atoms with Crippen LogP contribution < -0.4 is 10.1 Å². The summed E-state index contributed by atoms with van der Waals surface area (Å²) in [5, 5.41) is 13.3. The van der Waals surface area contributed by atoms with Gasteiger partial charge in [-0.25, -0.2) is 0 Å². The van der Waals surface area contributed by atoms with Crippen LogP contribution in [0.4, 0.5) is 0 Å². The summed E-state index contributed by atoms with van der Waals surface area (Å²) in [5.41, 5.74) is 2.11. The molecule has 0 bridgehead atoms. The summed E-state index contributed by atoms with van der Waals surface area (Å²) < 4.78 is 5.40. The molecule has 0 aliphatic rings. The Morgan fingerprint density at radius 1 is 1.05 bits per heavy atom. The second-order valence-corrected chi connectivity index (χ2v) is 4.63. The average Bonchev–Trinajstić information content (AvgIpc) is 2.50. The van der Waals surface area contributed by atoms with Crippen LogP contribution in [0.2, 0.25) is 0 Å². The molecule has 21 heavy (non-hydrogen) atoms. The van der Waals surface area contributed by atoms with Crippen molar-refractivity contribution in [3.63, 3.8) is 0 Å². The maximum absolute atomic E-state index is 10.0. The highest BCUT2D eigenvalue weighted by atomic mass is 35.5. The molecular weight excluding hydrogens is 286 g/mol. The summed E-state index contributed by atoms with van der Waals surface area (Å²) in [6.07, 6.45) is -0.473. The van der Waals surface area contributed by atoms with E-state index in [2.05, 4.69) is 5.32 Å². The first-order valence-corrected chi connectivity index (χ1v) is 6.95. The second-order valence-electron chi connectivity index (χ2n) is 4.63. The van der Waals surface area contributed by atoms with Crippen LogP contribution in [0.1, 0.15) is 24.2 Å². The predicted molar refractivity (Wildman–Crippen MR) is 88.0 cm³/mol. The second kappa shape index (κ2) is 9.40. The van der Waals surface area contributed by atoms with Crippen LogP contribution in [0, 0.1) is 0 Å². The number of hydrogen-bond acceptors (Lipinski definition) is 3. The molecular formula is C17H22ClNO2. The van der Waals surface area contributed by atoms with Crippen LogP contribution in [0.15, 0.2) is 54.6 Å². The minimum Gasteiger partial charge on any atom is -0.494 e. The highest BCUT2D eigenvalue weighted by Gasteiger charge is 2.05. The zero-order valence-corrected chi connectivity index (χ0v) is 13.0. The van der Waals surface area contributed by atoms with E-state index in [1.807, 2.05) is 61.5 Å². The molecule has 3 nitrogen and oxygen atoms in total. The molecule has 0 heterocycles. The standard InChI is InChI=1S/C17H21NO2.ClH/c1-2-20-16-10-8-14(9-11-16)12-18-13-17(19)15-6-4-3-5-7-15;/h3-11,17-19H,2,12-13H2,1H3;1H. The van der Waals surface area contributed by atoms with Crippen molar-refractivity contribution in [2.45, 2.75) is 19.6 Å². The van der Waals surface area contributed by atoms with E-state index < -0.39 is 6.10 Å². The van der Waals surface area contributed by atoms with E-state index in [1.54, 1.807) is 0 Å². The average molecular weight is 308 g/mol. The van der Waals surface area contributed by atoms with Gasteiger partial charge in [0.1, 0.15) is 5.75 Å². The summed E-state index contributed by atoms with van der Waals surface area (Å²) in [6.45, 7) is 3.93. The fourth-order valence-corrected chi connectivity index (χ4v) is 2.02. The van der Waals surface area contributed by atoms with E-state index in [9.17, 15) is 5.11 Å². The van der Waals surface area contributed by atoms with Crippen molar-refractivity contribution in [3.8, 4) is 5.75 Å². The van der Waals surface area contributed by atoms with Crippen LogP contribution in [0.25, 0.3) is 0 Å². The first kappa shape index (κ1) is 17.5. The van der Waals surface area contributed by atoms with Gasteiger partial charge in [0.15, 0.2) is 0 Å². The van der Waals surface area contributed by atoms with Crippen LogP contribution >= 0.6 is 12.4 Å². The summed E-state index contributed by atoms with van der Waals surface area (Å²) in [5.74, 6) is 0.889. The molecule has 0 amide bonds. The number of benzene rings is 2. The zero-order chi connectivity index (χ0) is 14.2. The highest BCUT2D eigenvalue weighted by molar-refractivity contribution is 5.85. The third-order valence-corrected chi connectivity index (χ3v) is 3.09. The molecule has 2 rings (SSSR count). The minimum absolute atomic E-state index is 0. The Balaban J connectivity index is 0.00000220. The number of rotatable bonds is 7. The molecule has 1 atom stereocenters. The van der Waals surface area contributed by atoms with Crippen molar-refractivity contribution in [3.05, 3.63) is 65.7 Å². The van der Waals surface area contributed by atoms with Gasteiger partial charge in [0, 0.05) is 13.1 Å². The molecule has 4 heteroatoms. The van der Waals surface area contributed by atoms with Crippen molar-refractivity contribution in [2.24, 2.45) is 0 Å². The molecule has 0 aliphatic carbocycles. The lowest BCUT2D eigenvalue weighted by Crippen LogP contribution is -2.20. The van der Waals surface area contributed by atoms with E-state index in [1.165, 1.54) is 5.56 Å². The van der Waals surface area contributed by atoms with Crippen LogP contribution in [0.3, 0.4) is 0 Å². The van der Waals surface area contributed by atoms with Crippen LogP contribution in [0.5, 0.6) is 5.75 Å². The molecule has 0 radical (unpaired) electrons. The lowest BCUT2D eigenvalue weighted by atomic mass is 10.1. The fraction of sp³-hybridized carbons (Fsp3) is 0.294. The molecule has 2 N–H and O–H groups in total. The van der Waals surface area contributed by atoms with Crippen molar-refractivity contribution >= 4 is 12.4 Å². The Morgan fingerprint density at radius 3 is 2.33 bits per heavy atom. The van der Waals surface area contributed by atoms with E-state index in [0.29, 0.717) is 13.2 Å². The van der Waals surface area contributed by atoms with Crippen molar-refractivity contribution < 1.29 is 9.84 Å². The number of halogens is 1. The molecule has 0 saturated carbocycles. The Bertz CT molecular complexity index is 502. The summed E-state index contributed by atoms with van der Waals surface area (Å²) in [4.78, 5) is 0. The third-order valence-electron chi connectivity index (χ3n) is 3.09. The third kappa shape index (κ3) is 5.76. The van der Waals surface area contributed by atoms with E-state index >= 15 is 0 Å². The molecule has 0 aliphatic heterocycles. The Hall–Kier alpha value is -1.55. The van der Waals surface area contributed by atoms with Crippen molar-refractivity contribution in [1.29, 1.82) is 0 Å². The largest absolute Gasteiger partial charge is 0.494 e. The molecule has 2 aromatic rings. The maximum Gasteiger partial charge on any atom is 0.119 e. The van der Waals surface area contributed by atoms with Gasteiger partial charge < -0.3 is 15.2 Å². The van der Waals surface area contributed by atoms with Crippen LogP contribution in [-0.2, 0) is 6.54 Å². The molecule has 0 fully saturated rings. The summed E-state index contributed by atoms with van der Waals surface area (Å²) in [6, 6.07) is 17.7. The number of aliphatic hydroxyl groups is 1. The number of aliphatic hydroxyl groups excluding tert-OH is 1. The van der Waals surface area contributed by atoms with Gasteiger partial charge in [-0.1, -0.05) is 42.5 Å². The normalized spacial score (nSPS) is 11.5. The van der Waals surface area contributed by atoms with Gasteiger partial charge in [-0.2, -0.15) is 0 Å². The van der Waals surface area contributed by atoms with Gasteiger partial charge >= 0.3 is 0 Å². The van der Waals surface area contributed by atoms with E-state index in [4.69, 9.17) is 4.74 Å². The SMILES string of the molecule is CCOc1ccc(CNCC(O)c2ccccc2)cc1.Cl. The van der Waals surface area contributed by atoms with Crippen molar-refractivity contribution in [1.82, 2.24) is 5.32 Å². The van der Waals surface area contributed by atoms with Gasteiger partial charge in [0.25, 0.3) is 0 Å². The Labute approximate surface area is 132 Å². The molecule has 114 valence electrons. The van der Waals surface area contributed by atoms with Gasteiger partial charge in [-0.05, 0) is 30.2 Å². The first-order valence-electron chi connectivity index (χ1n) is 6.95. The smallest absolute Gasteiger partial charge is 0.119 e. The summed E-state index contributed by atoms with van der Waals surface area (Å²) in [7, 11) is 0. The fourth-order valence-electron chi connectivity index (χ4n) is 2.02. The molecule has 1 unspecified atom stereocenters. The summed E-state index contributed by atoms with van der Waals surface area (Å²) >= 11 is 0. The quantitative estimate of drug-likeness (QED) is 0.824. The number of ether oxygens (including phenoxy) is 1. The highest BCUT2D eigenvalue weighted by Crippen LogP contribution is 2.13. The lowest BCUT2D eigenvalue weighted by Gasteiger charge is -2.12. The minimum atomic E-state index is -0.473. The Morgan fingerprint density at radius 2 is 1.71 bits per heavy atom. The van der Waals surface area contributed by atoms with E-state index in [0.717, 1.165) is 17.9 Å². The zero-order valence-electron chi connectivity index (χ0n) is 12.2. The topological polar surface area (TPSA) is 41.5 Å². The molecule has 0 saturated heterocycles. The molecule has 0 aromatic heterocycles. The van der Waals surface area contributed by atoms with Gasteiger partial charge in [-0.3, -0.25) is 0 Å². The molecule has 0 spiro atoms. The lowest BCUT2D eigenvalue weighted by molar-refractivity contribution is 0.174. The maximum atomic E-state index is 10.0.